The smallest absolute Gasteiger partial charge is 0.248 e. The van der Waals surface area contributed by atoms with E-state index in [4.69, 9.17) is 47.6 Å². The fraction of sp³-hybridized carbons (Fsp3) is 0.455. The zero-order valence-corrected chi connectivity index (χ0v) is 27.2. The van der Waals surface area contributed by atoms with Gasteiger partial charge in [0.1, 0.15) is 31.1 Å². The molecule has 3 fully saturated rings. The number of hydrogen-bond acceptors (Lipinski definition) is 8. The molecule has 0 amide bonds. The van der Waals surface area contributed by atoms with Gasteiger partial charge in [-0.15, -0.1) is 0 Å². The van der Waals surface area contributed by atoms with Crippen LogP contribution in [0.5, 0.6) is 11.5 Å². The van der Waals surface area contributed by atoms with Crippen LogP contribution in [0.4, 0.5) is 0 Å². The van der Waals surface area contributed by atoms with Crippen LogP contribution in [0.15, 0.2) is 78.9 Å². The van der Waals surface area contributed by atoms with Crippen LogP contribution in [0, 0.1) is 0 Å². The molecule has 6 nitrogen and oxygen atoms in total. The molecule has 3 aromatic rings. The van der Waals surface area contributed by atoms with Crippen molar-refractivity contribution in [3.05, 3.63) is 95.6 Å². The molecule has 1 spiro atoms. The molecule has 2 heterocycles. The van der Waals surface area contributed by atoms with Gasteiger partial charge in [0.05, 0.1) is 33.5 Å². The molecular weight excluding hydrogens is 598 g/mol. The van der Waals surface area contributed by atoms with Crippen molar-refractivity contribution in [2.75, 3.05) is 27.4 Å². The highest BCUT2D eigenvalue weighted by Crippen LogP contribution is 2.74. The minimum atomic E-state index is -2.54. The summed E-state index contributed by atoms with van der Waals surface area (Å²) in [5, 5.41) is 0. The predicted molar refractivity (Wildman–Crippen MR) is 176 cm³/mol. The van der Waals surface area contributed by atoms with E-state index in [1.165, 1.54) is 19.3 Å². The van der Waals surface area contributed by atoms with E-state index >= 15 is 0 Å². The van der Waals surface area contributed by atoms with Gasteiger partial charge in [-0.1, -0.05) is 85.2 Å². The highest BCUT2D eigenvalue weighted by molar-refractivity contribution is 8.68. The summed E-state index contributed by atoms with van der Waals surface area (Å²) < 4.78 is 37.3. The predicted octanol–water partition coefficient (Wildman–Crippen LogP) is 7.37. The van der Waals surface area contributed by atoms with E-state index in [-0.39, 0.29) is 17.5 Å². The highest BCUT2D eigenvalue weighted by atomic mass is 32.9. The molecule has 0 N–H and O–H groups in total. The molecule has 2 radical (unpaired) electrons. The average molecular weight is 637 g/mol. The molecule has 43 heavy (non-hydrogen) atoms. The van der Waals surface area contributed by atoms with Crippen molar-refractivity contribution >= 4 is 36.7 Å². The van der Waals surface area contributed by atoms with Gasteiger partial charge in [0.15, 0.2) is 0 Å². The Kier molecular flexibility index (Phi) is 9.61. The molecule has 0 bridgehead atoms. The first-order chi connectivity index (χ1) is 20.9. The Hall–Kier alpha value is -1.84. The van der Waals surface area contributed by atoms with Gasteiger partial charge in [0.2, 0.25) is 5.69 Å². The lowest BCUT2D eigenvalue weighted by Gasteiger charge is -2.37. The summed E-state index contributed by atoms with van der Waals surface area (Å²) in [6.07, 6.45) is 5.78. The van der Waals surface area contributed by atoms with Crippen LogP contribution in [0.2, 0.25) is 0 Å². The summed E-state index contributed by atoms with van der Waals surface area (Å²) in [4.78, 5) is 0. The number of benzene rings is 3. The first kappa shape index (κ1) is 31.2. The molecule has 3 aliphatic rings. The quantitative estimate of drug-likeness (QED) is 0.130. The lowest BCUT2D eigenvalue weighted by Crippen LogP contribution is -2.38. The summed E-state index contributed by atoms with van der Waals surface area (Å²) >= 11 is 7.82. The molecule has 10 heteroatoms. The first-order valence-electron chi connectivity index (χ1n) is 14.9. The summed E-state index contributed by atoms with van der Waals surface area (Å²) in [6.45, 7) is 0.901. The van der Waals surface area contributed by atoms with Crippen LogP contribution >= 0.6 is 17.1 Å². The van der Waals surface area contributed by atoms with E-state index in [9.17, 15) is 0 Å². The molecule has 2 saturated heterocycles. The van der Waals surface area contributed by atoms with Gasteiger partial charge in [-0.05, 0) is 72.0 Å². The second kappa shape index (κ2) is 13.3. The van der Waals surface area contributed by atoms with Crippen molar-refractivity contribution in [2.45, 2.75) is 67.1 Å². The number of hydrogen-bond donors (Lipinski definition) is 0. The molecule has 1 unspecified atom stereocenters. The van der Waals surface area contributed by atoms with Gasteiger partial charge < -0.3 is 28.0 Å². The average Bonchev–Trinajstić information content (AvgIpc) is 3.56. The maximum absolute atomic E-state index is 7.09. The van der Waals surface area contributed by atoms with Gasteiger partial charge in [-0.3, -0.25) is 0 Å². The number of ether oxygens (including phenoxy) is 4. The Bertz CT molecular complexity index is 1350. The fourth-order valence-corrected chi connectivity index (χ4v) is 13.5. The normalized spacial score (nSPS) is 26.9. The molecule has 1 aliphatic carbocycles. The monoisotopic (exact) mass is 636 g/mol. The first-order valence-corrected chi connectivity index (χ1v) is 19.0. The van der Waals surface area contributed by atoms with Gasteiger partial charge >= 0.3 is 0 Å². The molecule has 0 aromatic heterocycles. The third kappa shape index (κ3) is 6.60. The lowest BCUT2D eigenvalue weighted by molar-refractivity contribution is -0.0697. The molecule has 4 atom stereocenters. The maximum atomic E-state index is 7.09. The van der Waals surface area contributed by atoms with Crippen molar-refractivity contribution in [1.29, 1.82) is 0 Å². The van der Waals surface area contributed by atoms with Gasteiger partial charge in [-0.2, -0.15) is 0 Å². The van der Waals surface area contributed by atoms with Crippen LogP contribution in [0.1, 0.15) is 55.2 Å². The van der Waals surface area contributed by atoms with Gasteiger partial charge in [0.25, 0.3) is 0 Å². The van der Waals surface area contributed by atoms with E-state index in [1.54, 1.807) is 25.6 Å². The van der Waals surface area contributed by atoms with Crippen molar-refractivity contribution < 1.29 is 28.0 Å². The van der Waals surface area contributed by atoms with Crippen LogP contribution < -0.4 is 9.47 Å². The van der Waals surface area contributed by atoms with Gasteiger partial charge in [0, 0.05) is 10.8 Å². The van der Waals surface area contributed by atoms with Crippen molar-refractivity contribution in [2.24, 2.45) is 0 Å². The Balaban J connectivity index is 1.32. The van der Waals surface area contributed by atoms with Crippen LogP contribution in [0.25, 0.3) is 0 Å². The third-order valence-electron chi connectivity index (χ3n) is 8.69. The Morgan fingerprint density at radius 3 is 2.05 bits per heavy atom. The van der Waals surface area contributed by atoms with Crippen molar-refractivity contribution in [3.8, 4) is 11.5 Å². The van der Waals surface area contributed by atoms with Crippen LogP contribution in [0.3, 0.4) is 0 Å². The molecule has 1 saturated carbocycles. The van der Waals surface area contributed by atoms with Crippen LogP contribution in [-0.4, -0.2) is 58.2 Å². The summed E-state index contributed by atoms with van der Waals surface area (Å²) in [6, 6.07) is 25.7. The Morgan fingerprint density at radius 1 is 0.884 bits per heavy atom. The van der Waals surface area contributed by atoms with E-state index in [2.05, 4.69) is 12.1 Å². The molecule has 226 valence electrons. The molecular formula is C33H38BO6PS2. The van der Waals surface area contributed by atoms with E-state index < -0.39 is 23.4 Å². The summed E-state index contributed by atoms with van der Waals surface area (Å²) in [5.41, 5.74) is -0.632. The second-order valence-corrected chi connectivity index (χ2v) is 18.0. The summed E-state index contributed by atoms with van der Waals surface area (Å²) in [7, 11) is 9.68. The number of rotatable bonds is 10. The second-order valence-electron chi connectivity index (χ2n) is 11.5. The topological polar surface area (TPSA) is 55.4 Å². The number of methoxy groups -OCH3 is 2. The van der Waals surface area contributed by atoms with Crippen molar-refractivity contribution in [1.82, 2.24) is 0 Å². The molecule has 3 aromatic carbocycles. The van der Waals surface area contributed by atoms with E-state index in [0.717, 1.165) is 41.0 Å². The summed E-state index contributed by atoms with van der Waals surface area (Å²) in [5.74, 6) is 1.53. The van der Waals surface area contributed by atoms with Crippen LogP contribution in [-0.2, 0) is 35.9 Å². The zero-order chi connectivity index (χ0) is 29.9. The Labute approximate surface area is 265 Å². The largest absolute Gasteiger partial charge is 0.497 e. The third-order valence-corrected chi connectivity index (χ3v) is 14.5. The lowest BCUT2D eigenvalue weighted by atomic mass is 9.80. The standard InChI is InChI=1S/C33H38BO6PS2/c1-35-27-15-11-25(12-16-27)33(24-9-5-3-6-10-24,26-13-17-28(36-2)18-14-26)37-22-30-29(21-31(34)39-30)40-41(42)38-23-32(43-41)19-7-4-8-20-32/h3,5-6,9-18,29-31H,4,7-8,19-23H2,1-2H3/t29?,30-,31-,41-/m1/s1. The minimum Gasteiger partial charge on any atom is -0.497 e. The van der Waals surface area contributed by atoms with Crippen molar-refractivity contribution in [3.63, 3.8) is 0 Å². The maximum Gasteiger partial charge on any atom is 0.248 e. The van der Waals surface area contributed by atoms with E-state index in [0.29, 0.717) is 13.0 Å². The molecule has 2 aliphatic heterocycles. The highest BCUT2D eigenvalue weighted by Gasteiger charge is 2.49. The van der Waals surface area contributed by atoms with E-state index in [1.807, 2.05) is 66.7 Å². The zero-order valence-electron chi connectivity index (χ0n) is 24.7. The Morgan fingerprint density at radius 2 is 1.47 bits per heavy atom. The molecule has 6 rings (SSSR count). The minimum absolute atomic E-state index is 0.0898. The SMILES string of the molecule is [B][C@H]1CC(O[P@@]2(=S)OCC3(CCCCC3)S2)[C@@H](COC(c2ccccc2)(c2ccc(OC)cc2)c2ccc(OC)cc2)O1. The van der Waals surface area contributed by atoms with Gasteiger partial charge in [-0.25, -0.2) is 0 Å². The fourth-order valence-electron chi connectivity index (χ4n) is 6.42.